The highest BCUT2D eigenvalue weighted by atomic mass is 16.3. The molecule has 1 atom stereocenters. The average molecular weight is 250 g/mol. The van der Waals surface area contributed by atoms with Crippen LogP contribution in [0.5, 0.6) is 0 Å². The molecule has 0 saturated carbocycles. The Labute approximate surface area is 106 Å². The first-order chi connectivity index (χ1) is 8.77. The number of aliphatic hydroxyl groups is 1. The maximum atomic E-state index is 12.4. The number of aliphatic hydroxyl groups excluding tert-OH is 1. The summed E-state index contributed by atoms with van der Waals surface area (Å²) in [6.45, 7) is 0.679. The van der Waals surface area contributed by atoms with Gasteiger partial charge in [0.25, 0.3) is 5.91 Å². The number of pyridine rings is 1. The fourth-order valence-electron chi connectivity index (χ4n) is 2.31. The predicted molar refractivity (Wildman–Crippen MR) is 67.8 cm³/mol. The summed E-state index contributed by atoms with van der Waals surface area (Å²) in [5.74, 6) is 5.27. The number of hydrogen-bond acceptors (Lipinski definition) is 5. The van der Waals surface area contributed by atoms with Gasteiger partial charge in [-0.15, -0.1) is 0 Å². The van der Waals surface area contributed by atoms with E-state index < -0.39 is 0 Å². The van der Waals surface area contributed by atoms with E-state index >= 15 is 0 Å². The van der Waals surface area contributed by atoms with Crippen LogP contribution in [-0.2, 0) is 0 Å². The highest BCUT2D eigenvalue weighted by Gasteiger charge is 2.28. The Hall–Kier alpha value is -1.66. The number of nitrogens with two attached hydrogens (primary N) is 1. The number of aromatic nitrogens is 1. The molecule has 0 radical (unpaired) electrons. The van der Waals surface area contributed by atoms with Crippen LogP contribution in [0, 0.1) is 0 Å². The third-order valence-electron chi connectivity index (χ3n) is 3.31. The van der Waals surface area contributed by atoms with Crippen LogP contribution in [0.4, 0.5) is 5.69 Å². The summed E-state index contributed by atoms with van der Waals surface area (Å²) in [6.07, 6.45) is 5.95. The quantitative estimate of drug-likeness (QED) is 0.532. The number of likely N-dealkylation sites (tertiary alicyclic amines) is 1. The van der Waals surface area contributed by atoms with Crippen LogP contribution >= 0.6 is 0 Å². The predicted octanol–water partition coefficient (Wildman–Crippen LogP) is 0.354. The van der Waals surface area contributed by atoms with Crippen LogP contribution < -0.4 is 11.3 Å². The second-order valence-electron chi connectivity index (χ2n) is 4.40. The summed E-state index contributed by atoms with van der Waals surface area (Å²) in [7, 11) is 0. The second kappa shape index (κ2) is 5.79. The number of rotatable bonds is 3. The molecule has 1 unspecified atom stereocenters. The first-order valence-electron chi connectivity index (χ1n) is 6.10. The lowest BCUT2D eigenvalue weighted by Gasteiger charge is -2.35. The monoisotopic (exact) mass is 250 g/mol. The molecule has 6 heteroatoms. The van der Waals surface area contributed by atoms with Gasteiger partial charge < -0.3 is 15.4 Å². The van der Waals surface area contributed by atoms with Gasteiger partial charge in [-0.1, -0.05) is 0 Å². The van der Waals surface area contributed by atoms with Crippen molar-refractivity contribution in [2.75, 3.05) is 18.6 Å². The molecule has 1 saturated heterocycles. The van der Waals surface area contributed by atoms with Gasteiger partial charge in [0, 0.05) is 12.7 Å². The molecule has 6 nitrogen and oxygen atoms in total. The van der Waals surface area contributed by atoms with E-state index in [-0.39, 0.29) is 18.6 Å². The zero-order chi connectivity index (χ0) is 13.0. The Morgan fingerprint density at radius 3 is 3.17 bits per heavy atom. The van der Waals surface area contributed by atoms with E-state index in [4.69, 9.17) is 5.84 Å². The molecule has 18 heavy (non-hydrogen) atoms. The fourth-order valence-corrected chi connectivity index (χ4v) is 2.31. The van der Waals surface area contributed by atoms with Crippen molar-refractivity contribution in [2.45, 2.75) is 25.3 Å². The van der Waals surface area contributed by atoms with Crippen molar-refractivity contribution in [1.82, 2.24) is 9.88 Å². The molecule has 4 N–H and O–H groups in total. The van der Waals surface area contributed by atoms with Gasteiger partial charge in [-0.25, -0.2) is 0 Å². The van der Waals surface area contributed by atoms with Crippen molar-refractivity contribution >= 4 is 11.6 Å². The number of carbonyl (C=O) groups is 1. The van der Waals surface area contributed by atoms with Crippen LogP contribution in [0.3, 0.4) is 0 Å². The number of hydrogen-bond donors (Lipinski definition) is 3. The summed E-state index contributed by atoms with van der Waals surface area (Å²) >= 11 is 0. The Morgan fingerprint density at radius 2 is 2.44 bits per heavy atom. The molecule has 1 aliphatic rings. The summed E-state index contributed by atoms with van der Waals surface area (Å²) in [4.78, 5) is 18.1. The summed E-state index contributed by atoms with van der Waals surface area (Å²) < 4.78 is 0. The van der Waals surface area contributed by atoms with Gasteiger partial charge in [-0.05, 0) is 25.3 Å². The van der Waals surface area contributed by atoms with E-state index in [1.165, 1.54) is 6.20 Å². The summed E-state index contributed by atoms with van der Waals surface area (Å²) in [5.41, 5.74) is 3.47. The number of nitrogens with one attached hydrogen (secondary N) is 1. The maximum Gasteiger partial charge on any atom is 0.256 e. The molecule has 1 aromatic heterocycles. The van der Waals surface area contributed by atoms with E-state index in [0.29, 0.717) is 17.8 Å². The Bertz CT molecular complexity index is 424. The van der Waals surface area contributed by atoms with E-state index in [0.717, 1.165) is 19.3 Å². The molecule has 1 aliphatic heterocycles. The molecule has 1 aromatic rings. The molecular formula is C12H18N4O2. The van der Waals surface area contributed by atoms with Crippen molar-refractivity contribution in [3.8, 4) is 0 Å². The van der Waals surface area contributed by atoms with Crippen LogP contribution in [-0.4, -0.2) is 40.1 Å². The summed E-state index contributed by atoms with van der Waals surface area (Å²) in [5, 5.41) is 9.34. The van der Waals surface area contributed by atoms with Gasteiger partial charge in [-0.2, -0.15) is 0 Å². The maximum absolute atomic E-state index is 12.4. The highest BCUT2D eigenvalue weighted by Crippen LogP contribution is 2.22. The van der Waals surface area contributed by atoms with Crippen LogP contribution in [0.15, 0.2) is 18.5 Å². The summed E-state index contributed by atoms with van der Waals surface area (Å²) in [6, 6.07) is 1.55. The molecule has 2 heterocycles. The lowest BCUT2D eigenvalue weighted by Crippen LogP contribution is -2.45. The molecule has 1 fully saturated rings. The minimum Gasteiger partial charge on any atom is -0.394 e. The zero-order valence-electron chi connectivity index (χ0n) is 10.2. The highest BCUT2D eigenvalue weighted by molar-refractivity contribution is 5.99. The number of hydrazine groups is 1. The van der Waals surface area contributed by atoms with Gasteiger partial charge in [0.1, 0.15) is 0 Å². The van der Waals surface area contributed by atoms with Crippen molar-refractivity contribution in [3.05, 3.63) is 24.0 Å². The van der Waals surface area contributed by atoms with E-state index in [1.54, 1.807) is 17.2 Å². The van der Waals surface area contributed by atoms with E-state index in [9.17, 15) is 9.90 Å². The minimum absolute atomic E-state index is 0.00219. The Morgan fingerprint density at radius 1 is 1.61 bits per heavy atom. The molecular weight excluding hydrogens is 232 g/mol. The fraction of sp³-hybridized carbons (Fsp3) is 0.500. The van der Waals surface area contributed by atoms with Crippen molar-refractivity contribution in [1.29, 1.82) is 0 Å². The zero-order valence-corrected chi connectivity index (χ0v) is 10.2. The van der Waals surface area contributed by atoms with Crippen LogP contribution in [0.2, 0.25) is 0 Å². The molecule has 2 rings (SSSR count). The topological polar surface area (TPSA) is 91.5 Å². The lowest BCUT2D eigenvalue weighted by molar-refractivity contribution is 0.0504. The number of anilines is 1. The molecule has 0 bridgehead atoms. The first kappa shape index (κ1) is 12.8. The number of amides is 1. The molecule has 0 spiro atoms. The lowest BCUT2D eigenvalue weighted by atomic mass is 10.0. The number of piperidine rings is 1. The van der Waals surface area contributed by atoms with Crippen molar-refractivity contribution in [2.24, 2.45) is 5.84 Å². The van der Waals surface area contributed by atoms with Crippen LogP contribution in [0.1, 0.15) is 29.6 Å². The van der Waals surface area contributed by atoms with Crippen LogP contribution in [0.25, 0.3) is 0 Å². The largest absolute Gasteiger partial charge is 0.394 e. The van der Waals surface area contributed by atoms with Gasteiger partial charge in [-0.3, -0.25) is 15.6 Å². The molecule has 0 aliphatic carbocycles. The molecule has 0 aromatic carbocycles. The Kier molecular flexibility index (Phi) is 4.11. The third-order valence-corrected chi connectivity index (χ3v) is 3.31. The average Bonchev–Trinajstić information content (AvgIpc) is 2.46. The second-order valence-corrected chi connectivity index (χ2v) is 4.40. The van der Waals surface area contributed by atoms with Gasteiger partial charge in [0.05, 0.1) is 30.1 Å². The molecule has 98 valence electrons. The Balaban J connectivity index is 2.24. The number of nitrogens with zero attached hydrogens (tertiary/aromatic N) is 2. The van der Waals surface area contributed by atoms with E-state index in [1.807, 2.05) is 0 Å². The number of nitrogen functional groups attached to an aromatic ring is 1. The first-order valence-corrected chi connectivity index (χ1v) is 6.10. The van der Waals surface area contributed by atoms with E-state index in [2.05, 4.69) is 10.4 Å². The molecule has 1 amide bonds. The minimum atomic E-state index is -0.107. The van der Waals surface area contributed by atoms with Crippen molar-refractivity contribution < 1.29 is 9.90 Å². The van der Waals surface area contributed by atoms with Gasteiger partial charge >= 0.3 is 0 Å². The van der Waals surface area contributed by atoms with Gasteiger partial charge in [0.2, 0.25) is 0 Å². The van der Waals surface area contributed by atoms with Gasteiger partial charge in [0.15, 0.2) is 0 Å². The smallest absolute Gasteiger partial charge is 0.256 e. The standard InChI is InChI=1S/C12H18N4O2/c13-15-11-7-14-5-4-10(11)12(18)16-6-2-1-3-9(16)8-17/h4-5,7,9,15,17H,1-3,6,8,13H2. The normalized spacial score (nSPS) is 19.7. The SMILES string of the molecule is NNc1cnccc1C(=O)N1CCCCC1CO. The third kappa shape index (κ3) is 2.44. The van der Waals surface area contributed by atoms with Crippen molar-refractivity contribution in [3.63, 3.8) is 0 Å². The number of carbonyl (C=O) groups excluding carboxylic acids is 1.